The maximum atomic E-state index is 12.4. The summed E-state index contributed by atoms with van der Waals surface area (Å²) >= 11 is 5.87. The van der Waals surface area contributed by atoms with Crippen LogP contribution in [0, 0.1) is 0 Å². The highest BCUT2D eigenvalue weighted by atomic mass is 35.5. The van der Waals surface area contributed by atoms with Gasteiger partial charge in [0.2, 0.25) is 11.8 Å². The first-order valence-electron chi connectivity index (χ1n) is 6.01. The van der Waals surface area contributed by atoms with Crippen LogP contribution in [0.15, 0.2) is 36.9 Å². The Hall–Kier alpha value is -2.14. The molecule has 0 aliphatic carbocycles. The minimum Gasteiger partial charge on any atom is -0.277 e. The highest BCUT2D eigenvalue weighted by Crippen LogP contribution is 2.26. The lowest BCUT2D eigenvalue weighted by molar-refractivity contribution is -0.139. The molecule has 0 radical (unpaired) electrons. The second-order valence-electron chi connectivity index (χ2n) is 4.47. The molecule has 0 bridgehead atoms. The van der Waals surface area contributed by atoms with E-state index in [4.69, 9.17) is 11.6 Å². The lowest BCUT2D eigenvalue weighted by Crippen LogP contribution is -2.59. The van der Waals surface area contributed by atoms with Crippen LogP contribution >= 0.6 is 11.6 Å². The maximum absolute atomic E-state index is 12.4. The van der Waals surface area contributed by atoms with E-state index in [0.29, 0.717) is 10.6 Å². The first-order valence-corrected chi connectivity index (χ1v) is 6.39. The van der Waals surface area contributed by atoms with Crippen LogP contribution in [0.3, 0.4) is 0 Å². The van der Waals surface area contributed by atoms with Crippen molar-refractivity contribution >= 4 is 29.4 Å². The third-order valence-corrected chi connectivity index (χ3v) is 3.36. The van der Waals surface area contributed by atoms with Gasteiger partial charge in [0.1, 0.15) is 5.92 Å². The molecular formula is C14H13ClN2O3. The summed E-state index contributed by atoms with van der Waals surface area (Å²) in [6.07, 6.45) is 1.46. The van der Waals surface area contributed by atoms with Gasteiger partial charge >= 0.3 is 6.03 Å². The normalized spacial score (nSPS) is 20.6. The smallest absolute Gasteiger partial charge is 0.277 e. The van der Waals surface area contributed by atoms with E-state index in [1.54, 1.807) is 25.1 Å². The third kappa shape index (κ3) is 2.44. The minimum atomic E-state index is -1.08. The van der Waals surface area contributed by atoms with Gasteiger partial charge in [-0.1, -0.05) is 29.8 Å². The summed E-state index contributed by atoms with van der Waals surface area (Å²) < 4.78 is 0. The molecule has 0 aromatic heterocycles. The Labute approximate surface area is 121 Å². The number of benzene rings is 1. The zero-order valence-corrected chi connectivity index (χ0v) is 11.6. The predicted octanol–water partition coefficient (Wildman–Crippen LogP) is 2.08. The van der Waals surface area contributed by atoms with Crippen LogP contribution in [0.25, 0.3) is 0 Å². The van der Waals surface area contributed by atoms with Crippen LogP contribution in [0.4, 0.5) is 4.79 Å². The predicted molar refractivity (Wildman–Crippen MR) is 74.2 cm³/mol. The zero-order chi connectivity index (χ0) is 14.9. The molecule has 6 heteroatoms. The third-order valence-electron chi connectivity index (χ3n) is 3.13. The fraction of sp³-hybridized carbons (Fsp3) is 0.214. The van der Waals surface area contributed by atoms with E-state index in [0.717, 1.165) is 4.90 Å². The molecule has 1 aliphatic heterocycles. The molecule has 0 saturated carbocycles. The number of imide groups is 2. The fourth-order valence-corrected chi connectivity index (χ4v) is 2.26. The average Bonchev–Trinajstić information content (AvgIpc) is 2.37. The highest BCUT2D eigenvalue weighted by Gasteiger charge is 2.42. The van der Waals surface area contributed by atoms with Crippen molar-refractivity contribution in [3.63, 3.8) is 0 Å². The number of hydrogen-bond donors (Lipinski definition) is 1. The lowest BCUT2D eigenvalue weighted by Gasteiger charge is -2.33. The largest absolute Gasteiger partial charge is 0.331 e. The number of nitrogens with one attached hydrogen (secondary N) is 1. The molecule has 0 spiro atoms. The molecule has 20 heavy (non-hydrogen) atoms. The molecule has 1 aliphatic rings. The first kappa shape index (κ1) is 14.3. The molecule has 2 rings (SSSR count). The van der Waals surface area contributed by atoms with Gasteiger partial charge in [-0.2, -0.15) is 0 Å². The number of halogens is 1. The van der Waals surface area contributed by atoms with Crippen molar-refractivity contribution in [2.45, 2.75) is 18.9 Å². The average molecular weight is 293 g/mol. The van der Waals surface area contributed by atoms with Crippen LogP contribution in [0.5, 0.6) is 0 Å². The van der Waals surface area contributed by atoms with Gasteiger partial charge in [0.15, 0.2) is 0 Å². The molecule has 5 nitrogen and oxygen atoms in total. The minimum absolute atomic E-state index is 0.420. The lowest BCUT2D eigenvalue weighted by atomic mass is 9.94. The van der Waals surface area contributed by atoms with Gasteiger partial charge in [-0.3, -0.25) is 19.8 Å². The molecule has 1 saturated heterocycles. The van der Waals surface area contributed by atoms with Gasteiger partial charge < -0.3 is 0 Å². The molecule has 4 amide bonds. The zero-order valence-electron chi connectivity index (χ0n) is 10.8. The number of urea groups is 1. The fourth-order valence-electron chi connectivity index (χ4n) is 2.06. The summed E-state index contributed by atoms with van der Waals surface area (Å²) in [7, 11) is 0. The van der Waals surface area contributed by atoms with Crippen molar-refractivity contribution < 1.29 is 14.4 Å². The standard InChI is InChI=1S/C14H13ClN2O3/c1-3-8(2)17-13(19)11(12(18)16-14(17)20)9-5-4-6-10(15)7-9/h3-8,11H,1H2,2H3,(H,16,18,20). The van der Waals surface area contributed by atoms with E-state index in [-0.39, 0.29) is 0 Å². The Morgan fingerprint density at radius 3 is 2.70 bits per heavy atom. The van der Waals surface area contributed by atoms with E-state index >= 15 is 0 Å². The highest BCUT2D eigenvalue weighted by molar-refractivity contribution is 6.30. The van der Waals surface area contributed by atoms with E-state index in [2.05, 4.69) is 11.9 Å². The second kappa shape index (κ2) is 5.46. The molecule has 1 N–H and O–H groups in total. The van der Waals surface area contributed by atoms with E-state index in [1.165, 1.54) is 12.1 Å². The van der Waals surface area contributed by atoms with Crippen LogP contribution < -0.4 is 5.32 Å². The molecule has 104 valence electrons. The monoisotopic (exact) mass is 292 g/mol. The Balaban J connectivity index is 2.42. The summed E-state index contributed by atoms with van der Waals surface area (Å²) in [4.78, 5) is 37.1. The van der Waals surface area contributed by atoms with Crippen molar-refractivity contribution in [1.82, 2.24) is 10.2 Å². The second-order valence-corrected chi connectivity index (χ2v) is 4.90. The Kier molecular flexibility index (Phi) is 3.90. The molecule has 1 fully saturated rings. The van der Waals surface area contributed by atoms with Crippen LogP contribution in [-0.4, -0.2) is 28.8 Å². The topological polar surface area (TPSA) is 66.5 Å². The number of amides is 4. The number of nitrogens with zero attached hydrogens (tertiary/aromatic N) is 1. The number of carbonyl (C=O) groups excluding carboxylic acids is 3. The summed E-state index contributed by atoms with van der Waals surface area (Å²) in [6.45, 7) is 5.20. The molecule has 1 aromatic rings. The number of hydrogen-bond acceptors (Lipinski definition) is 3. The number of carbonyl (C=O) groups is 3. The van der Waals surface area contributed by atoms with Crippen molar-refractivity contribution in [3.05, 3.63) is 47.5 Å². The van der Waals surface area contributed by atoms with Crippen LogP contribution in [-0.2, 0) is 9.59 Å². The van der Waals surface area contributed by atoms with E-state index < -0.39 is 29.8 Å². The van der Waals surface area contributed by atoms with Gasteiger partial charge in [0.25, 0.3) is 0 Å². The molecular weight excluding hydrogens is 280 g/mol. The van der Waals surface area contributed by atoms with Crippen molar-refractivity contribution in [3.8, 4) is 0 Å². The van der Waals surface area contributed by atoms with Gasteiger partial charge in [-0.15, -0.1) is 6.58 Å². The summed E-state index contributed by atoms with van der Waals surface area (Å²) in [5.74, 6) is -2.29. The van der Waals surface area contributed by atoms with E-state index in [9.17, 15) is 14.4 Å². The molecule has 2 atom stereocenters. The SMILES string of the molecule is C=CC(C)N1C(=O)NC(=O)C(c2cccc(Cl)c2)C1=O. The van der Waals surface area contributed by atoms with Gasteiger partial charge in [0, 0.05) is 5.02 Å². The van der Waals surface area contributed by atoms with Gasteiger partial charge in [-0.25, -0.2) is 4.79 Å². The van der Waals surface area contributed by atoms with E-state index in [1.807, 2.05) is 0 Å². The Morgan fingerprint density at radius 1 is 1.40 bits per heavy atom. The quantitative estimate of drug-likeness (QED) is 0.685. The summed E-state index contributed by atoms with van der Waals surface area (Å²) in [5.41, 5.74) is 0.453. The number of rotatable bonds is 3. The van der Waals surface area contributed by atoms with Gasteiger partial charge in [-0.05, 0) is 24.6 Å². The van der Waals surface area contributed by atoms with Crippen LogP contribution in [0.2, 0.25) is 5.02 Å². The summed E-state index contributed by atoms with van der Waals surface area (Å²) in [5, 5.41) is 2.60. The Morgan fingerprint density at radius 2 is 2.10 bits per heavy atom. The number of barbiturate groups is 1. The molecule has 2 unspecified atom stereocenters. The van der Waals surface area contributed by atoms with Crippen molar-refractivity contribution in [1.29, 1.82) is 0 Å². The summed E-state index contributed by atoms with van der Waals surface area (Å²) in [6, 6.07) is 5.22. The molecule has 1 heterocycles. The van der Waals surface area contributed by atoms with Crippen LogP contribution in [0.1, 0.15) is 18.4 Å². The molecule has 1 aromatic carbocycles. The van der Waals surface area contributed by atoms with Crippen molar-refractivity contribution in [2.24, 2.45) is 0 Å². The maximum Gasteiger partial charge on any atom is 0.331 e. The van der Waals surface area contributed by atoms with Gasteiger partial charge in [0.05, 0.1) is 6.04 Å². The Bertz CT molecular complexity index is 600. The first-order chi connectivity index (χ1) is 9.45. The van der Waals surface area contributed by atoms with Crippen molar-refractivity contribution in [2.75, 3.05) is 0 Å².